The molecule has 0 bridgehead atoms. The number of hydrogen-bond donors (Lipinski definition) is 0. The van der Waals surface area contributed by atoms with E-state index in [0.29, 0.717) is 0 Å². The fourth-order valence-corrected chi connectivity index (χ4v) is 7.73. The van der Waals surface area contributed by atoms with E-state index in [9.17, 15) is 0 Å². The monoisotopic (exact) mass is 541 g/mol. The van der Waals surface area contributed by atoms with Gasteiger partial charge in [0.05, 0.1) is 10.4 Å². The summed E-state index contributed by atoms with van der Waals surface area (Å²) >= 11 is 1.86. The van der Waals surface area contributed by atoms with Gasteiger partial charge in [-0.1, -0.05) is 91.0 Å². The molecule has 0 fully saturated rings. The molecular formula is C38H23NOS. The third-order valence-electron chi connectivity index (χ3n) is 8.23. The molecule has 0 saturated carbocycles. The lowest BCUT2D eigenvalue weighted by Gasteiger charge is -2.26. The van der Waals surface area contributed by atoms with Crippen LogP contribution in [-0.4, -0.2) is 0 Å². The Hall–Kier alpha value is -5.12. The van der Waals surface area contributed by atoms with Crippen LogP contribution in [0.4, 0.5) is 17.1 Å². The summed E-state index contributed by atoms with van der Waals surface area (Å²) in [7, 11) is 0. The quantitative estimate of drug-likeness (QED) is 0.207. The van der Waals surface area contributed by atoms with Crippen molar-refractivity contribution in [2.24, 2.45) is 0 Å². The summed E-state index contributed by atoms with van der Waals surface area (Å²) in [6.07, 6.45) is 0. The van der Waals surface area contributed by atoms with Gasteiger partial charge in [-0.15, -0.1) is 11.3 Å². The maximum atomic E-state index is 6.24. The van der Waals surface area contributed by atoms with Gasteiger partial charge in [0.25, 0.3) is 0 Å². The summed E-state index contributed by atoms with van der Waals surface area (Å²) in [5.74, 6) is 0. The van der Waals surface area contributed by atoms with Crippen LogP contribution in [0.1, 0.15) is 0 Å². The fourth-order valence-electron chi connectivity index (χ4n) is 6.37. The molecule has 0 amide bonds. The van der Waals surface area contributed by atoms with Crippen LogP contribution < -0.4 is 4.90 Å². The highest BCUT2D eigenvalue weighted by molar-refractivity contribution is 7.27. The topological polar surface area (TPSA) is 16.4 Å². The minimum Gasteiger partial charge on any atom is -0.456 e. The van der Waals surface area contributed by atoms with Crippen LogP contribution in [0.15, 0.2) is 144 Å². The van der Waals surface area contributed by atoms with Crippen LogP contribution in [-0.2, 0) is 0 Å². The number of rotatable bonds is 3. The summed E-state index contributed by atoms with van der Waals surface area (Å²) in [4.78, 5) is 2.40. The van der Waals surface area contributed by atoms with E-state index in [1.165, 1.54) is 58.2 Å². The van der Waals surface area contributed by atoms with Crippen molar-refractivity contribution in [3.63, 3.8) is 0 Å². The Morgan fingerprint density at radius 2 is 1.15 bits per heavy atom. The molecule has 7 aromatic carbocycles. The molecule has 0 aliphatic heterocycles. The van der Waals surface area contributed by atoms with Gasteiger partial charge in [-0.05, 0) is 70.1 Å². The minimum absolute atomic E-state index is 0.933. The second-order valence-electron chi connectivity index (χ2n) is 10.5. The number of benzene rings is 7. The molecule has 192 valence electrons. The molecule has 9 rings (SSSR count). The Morgan fingerprint density at radius 1 is 0.439 bits per heavy atom. The molecule has 3 heteroatoms. The first-order valence-electron chi connectivity index (χ1n) is 13.9. The van der Waals surface area contributed by atoms with Gasteiger partial charge >= 0.3 is 0 Å². The zero-order valence-corrected chi connectivity index (χ0v) is 22.9. The van der Waals surface area contributed by atoms with E-state index in [2.05, 4.69) is 138 Å². The Morgan fingerprint density at radius 3 is 2.07 bits per heavy atom. The van der Waals surface area contributed by atoms with Gasteiger partial charge < -0.3 is 9.32 Å². The molecule has 0 aliphatic rings. The minimum atomic E-state index is 0.933. The fraction of sp³-hybridized carbons (Fsp3) is 0. The number of fused-ring (bicyclic) bond motifs is 10. The Bertz CT molecular complexity index is 2430. The van der Waals surface area contributed by atoms with Gasteiger partial charge in [0, 0.05) is 37.6 Å². The van der Waals surface area contributed by atoms with Crippen molar-refractivity contribution in [2.75, 3.05) is 4.90 Å². The molecule has 0 atom stereocenters. The van der Waals surface area contributed by atoms with Gasteiger partial charge in [-0.3, -0.25) is 0 Å². The average molecular weight is 542 g/mol. The molecule has 0 aliphatic carbocycles. The summed E-state index contributed by atoms with van der Waals surface area (Å²) < 4.78 is 8.78. The molecule has 0 unspecified atom stereocenters. The first kappa shape index (κ1) is 22.7. The second-order valence-corrected chi connectivity index (χ2v) is 11.6. The van der Waals surface area contributed by atoms with Gasteiger partial charge in [0.15, 0.2) is 0 Å². The predicted molar refractivity (Wildman–Crippen MR) is 176 cm³/mol. The normalized spacial score (nSPS) is 11.9. The molecular weight excluding hydrogens is 518 g/mol. The maximum absolute atomic E-state index is 6.24. The van der Waals surface area contributed by atoms with E-state index >= 15 is 0 Å². The van der Waals surface area contributed by atoms with Crippen LogP contribution in [0.2, 0.25) is 0 Å². The number of anilines is 3. The van der Waals surface area contributed by atoms with Crippen LogP contribution in [0.3, 0.4) is 0 Å². The molecule has 2 nitrogen and oxygen atoms in total. The van der Waals surface area contributed by atoms with Crippen molar-refractivity contribution in [1.82, 2.24) is 0 Å². The Kier molecular flexibility index (Phi) is 4.80. The molecule has 2 heterocycles. The number of hydrogen-bond acceptors (Lipinski definition) is 3. The molecule has 41 heavy (non-hydrogen) atoms. The van der Waals surface area contributed by atoms with Crippen molar-refractivity contribution in [3.05, 3.63) is 140 Å². The third kappa shape index (κ3) is 3.36. The van der Waals surface area contributed by atoms with Crippen LogP contribution >= 0.6 is 11.3 Å². The van der Waals surface area contributed by atoms with Crippen LogP contribution in [0.5, 0.6) is 0 Å². The third-order valence-corrected chi connectivity index (χ3v) is 9.49. The average Bonchev–Trinajstić information content (AvgIpc) is 3.60. The first-order chi connectivity index (χ1) is 20.3. The summed E-state index contributed by atoms with van der Waals surface area (Å²) in [6.45, 7) is 0. The SMILES string of the molecule is c1ccc(N(c2ccc3c(ccc4ccccc43)c2)c2cccc3c2sc2c3ccc3oc4ccccc4c32)cc1. The van der Waals surface area contributed by atoms with Gasteiger partial charge in [0.2, 0.25) is 0 Å². The first-order valence-corrected chi connectivity index (χ1v) is 14.7. The van der Waals surface area contributed by atoms with E-state index in [0.717, 1.165) is 22.5 Å². The number of nitrogens with zero attached hydrogens (tertiary/aromatic N) is 1. The Balaban J connectivity index is 1.33. The van der Waals surface area contributed by atoms with Crippen molar-refractivity contribution >= 4 is 92.1 Å². The van der Waals surface area contributed by atoms with Crippen LogP contribution in [0.25, 0.3) is 63.7 Å². The van der Waals surface area contributed by atoms with E-state index in [4.69, 9.17) is 4.42 Å². The van der Waals surface area contributed by atoms with Gasteiger partial charge in [0.1, 0.15) is 11.2 Å². The van der Waals surface area contributed by atoms with E-state index in [-0.39, 0.29) is 0 Å². The van der Waals surface area contributed by atoms with Crippen molar-refractivity contribution in [1.29, 1.82) is 0 Å². The van der Waals surface area contributed by atoms with Crippen molar-refractivity contribution in [3.8, 4) is 0 Å². The lowest BCUT2D eigenvalue weighted by Crippen LogP contribution is -2.09. The predicted octanol–water partition coefficient (Wildman–Crippen LogP) is 11.7. The molecule has 2 aromatic heterocycles. The van der Waals surface area contributed by atoms with E-state index < -0.39 is 0 Å². The van der Waals surface area contributed by atoms with Gasteiger partial charge in [-0.2, -0.15) is 0 Å². The summed E-state index contributed by atoms with van der Waals surface area (Å²) in [5.41, 5.74) is 5.33. The molecule has 9 aromatic rings. The molecule has 0 spiro atoms. The number of para-hydroxylation sites is 2. The highest BCUT2D eigenvalue weighted by Crippen LogP contribution is 2.48. The van der Waals surface area contributed by atoms with Crippen LogP contribution in [0, 0.1) is 0 Å². The lowest BCUT2D eigenvalue weighted by molar-refractivity contribution is 0.669. The summed E-state index contributed by atoms with van der Waals surface area (Å²) in [5, 5.41) is 9.96. The highest BCUT2D eigenvalue weighted by atomic mass is 32.1. The molecule has 0 radical (unpaired) electrons. The Labute approximate surface area is 240 Å². The second kappa shape index (κ2) is 8.69. The zero-order valence-electron chi connectivity index (χ0n) is 22.0. The maximum Gasteiger partial charge on any atom is 0.136 e. The molecule has 0 saturated heterocycles. The number of thiophene rings is 1. The summed E-state index contributed by atoms with van der Waals surface area (Å²) in [6, 6.07) is 50.0. The zero-order chi connectivity index (χ0) is 26.9. The smallest absolute Gasteiger partial charge is 0.136 e. The van der Waals surface area contributed by atoms with Crippen molar-refractivity contribution < 1.29 is 4.42 Å². The highest BCUT2D eigenvalue weighted by Gasteiger charge is 2.20. The lowest BCUT2D eigenvalue weighted by atomic mass is 10.0. The molecule has 0 N–H and O–H groups in total. The van der Waals surface area contributed by atoms with Gasteiger partial charge in [-0.25, -0.2) is 0 Å². The number of furan rings is 1. The largest absolute Gasteiger partial charge is 0.456 e. The van der Waals surface area contributed by atoms with E-state index in [1.54, 1.807) is 0 Å². The van der Waals surface area contributed by atoms with E-state index in [1.807, 2.05) is 17.4 Å². The standard InChI is InChI=1S/C38H23NOS/c1-2-10-26(11-3-1)39(27-19-20-29-25(23-27)18-17-24-9-4-5-12-28(24)29)33-15-8-14-30-31-21-22-35-36(38(31)41-37(30)33)32-13-6-7-16-34(32)40-35/h1-23H. The van der Waals surface area contributed by atoms with Crippen molar-refractivity contribution in [2.45, 2.75) is 0 Å².